The van der Waals surface area contributed by atoms with Crippen LogP contribution in [0.3, 0.4) is 0 Å². The first kappa shape index (κ1) is 11.7. The van der Waals surface area contributed by atoms with Crippen LogP contribution in [-0.2, 0) is 6.42 Å². The first-order valence-electron chi connectivity index (χ1n) is 6.30. The van der Waals surface area contributed by atoms with Gasteiger partial charge in [0.1, 0.15) is 0 Å². The summed E-state index contributed by atoms with van der Waals surface area (Å²) in [5.74, 6) is 0. The molecule has 92 valence electrons. The van der Waals surface area contributed by atoms with Gasteiger partial charge in [0.2, 0.25) is 0 Å². The van der Waals surface area contributed by atoms with Crippen molar-refractivity contribution in [3.63, 3.8) is 0 Å². The molecule has 0 bridgehead atoms. The van der Waals surface area contributed by atoms with Crippen LogP contribution in [-0.4, -0.2) is 11.5 Å². The Balaban J connectivity index is 2.06. The fourth-order valence-corrected chi connectivity index (χ4v) is 2.86. The van der Waals surface area contributed by atoms with E-state index in [1.807, 2.05) is 12.4 Å². The monoisotopic (exact) mass is 302 g/mol. The zero-order valence-electron chi connectivity index (χ0n) is 10.1. The van der Waals surface area contributed by atoms with E-state index in [1.165, 1.54) is 36.2 Å². The summed E-state index contributed by atoms with van der Waals surface area (Å²) in [4.78, 5) is 6.65. The molecule has 2 nitrogen and oxygen atoms in total. The maximum atomic E-state index is 4.27. The van der Waals surface area contributed by atoms with E-state index >= 15 is 0 Å². The number of halogens is 1. The molecule has 0 amide bonds. The molecule has 0 N–H and O–H groups in total. The van der Waals surface area contributed by atoms with Gasteiger partial charge in [0, 0.05) is 22.9 Å². The van der Waals surface area contributed by atoms with E-state index in [2.05, 4.69) is 56.1 Å². The Morgan fingerprint density at radius 1 is 1.11 bits per heavy atom. The van der Waals surface area contributed by atoms with E-state index in [1.54, 1.807) is 0 Å². The highest BCUT2D eigenvalue weighted by Crippen LogP contribution is 2.32. The standard InChI is InChI=1S/C15H15BrN2/c16-13-9-14(11-17-10-13)18-8-4-3-6-12-5-1-2-7-15(12)18/h1-2,5,7,9-11H,3-4,6,8H2. The van der Waals surface area contributed by atoms with E-state index < -0.39 is 0 Å². The second-order valence-corrected chi connectivity index (χ2v) is 5.51. The number of aryl methyl sites for hydroxylation is 1. The molecule has 0 saturated heterocycles. The van der Waals surface area contributed by atoms with Crippen molar-refractivity contribution in [2.24, 2.45) is 0 Å². The van der Waals surface area contributed by atoms with Gasteiger partial charge in [0.15, 0.2) is 0 Å². The minimum absolute atomic E-state index is 1.03. The van der Waals surface area contributed by atoms with Crippen LogP contribution >= 0.6 is 15.9 Å². The Kier molecular flexibility index (Phi) is 3.33. The molecule has 0 atom stereocenters. The molecule has 0 radical (unpaired) electrons. The summed E-state index contributed by atoms with van der Waals surface area (Å²) in [5, 5.41) is 0. The topological polar surface area (TPSA) is 16.1 Å². The van der Waals surface area contributed by atoms with Gasteiger partial charge >= 0.3 is 0 Å². The number of pyridine rings is 1. The average molecular weight is 303 g/mol. The molecule has 1 aliphatic rings. The van der Waals surface area contributed by atoms with E-state index in [-0.39, 0.29) is 0 Å². The predicted octanol–water partition coefficient (Wildman–Crippen LogP) is 4.32. The van der Waals surface area contributed by atoms with Crippen LogP contribution < -0.4 is 4.90 Å². The second kappa shape index (κ2) is 5.11. The molecule has 0 aliphatic carbocycles. The summed E-state index contributed by atoms with van der Waals surface area (Å²) in [7, 11) is 0. The summed E-state index contributed by atoms with van der Waals surface area (Å²) >= 11 is 3.50. The van der Waals surface area contributed by atoms with Crippen molar-refractivity contribution in [1.82, 2.24) is 4.98 Å². The molecule has 1 aromatic carbocycles. The van der Waals surface area contributed by atoms with Crippen molar-refractivity contribution in [2.45, 2.75) is 19.3 Å². The van der Waals surface area contributed by atoms with Gasteiger partial charge in [-0.2, -0.15) is 0 Å². The molecule has 3 rings (SSSR count). The van der Waals surface area contributed by atoms with Crippen molar-refractivity contribution >= 4 is 27.3 Å². The first-order valence-corrected chi connectivity index (χ1v) is 7.10. The number of para-hydroxylation sites is 1. The number of anilines is 2. The Morgan fingerprint density at radius 2 is 2.00 bits per heavy atom. The second-order valence-electron chi connectivity index (χ2n) is 4.60. The van der Waals surface area contributed by atoms with Crippen LogP contribution in [0.5, 0.6) is 0 Å². The van der Waals surface area contributed by atoms with Crippen LogP contribution in [0.2, 0.25) is 0 Å². The van der Waals surface area contributed by atoms with Crippen molar-refractivity contribution < 1.29 is 0 Å². The number of aromatic nitrogens is 1. The average Bonchev–Trinajstić information content (AvgIpc) is 2.61. The van der Waals surface area contributed by atoms with Crippen molar-refractivity contribution in [1.29, 1.82) is 0 Å². The Morgan fingerprint density at radius 3 is 2.89 bits per heavy atom. The molecule has 18 heavy (non-hydrogen) atoms. The van der Waals surface area contributed by atoms with Gasteiger partial charge in [-0.05, 0) is 52.9 Å². The fourth-order valence-electron chi connectivity index (χ4n) is 2.51. The molecule has 0 saturated carbocycles. The molecule has 2 heterocycles. The molecule has 2 aromatic rings. The van der Waals surface area contributed by atoms with Gasteiger partial charge in [-0.1, -0.05) is 18.2 Å². The maximum Gasteiger partial charge on any atom is 0.0608 e. The molecular formula is C15H15BrN2. The molecule has 0 spiro atoms. The van der Waals surface area contributed by atoms with Crippen LogP contribution in [0.15, 0.2) is 47.2 Å². The molecule has 3 heteroatoms. The summed E-state index contributed by atoms with van der Waals surface area (Å²) < 4.78 is 1.03. The lowest BCUT2D eigenvalue weighted by atomic mass is 10.1. The number of hydrogen-bond acceptors (Lipinski definition) is 2. The van der Waals surface area contributed by atoms with E-state index in [9.17, 15) is 0 Å². The highest BCUT2D eigenvalue weighted by atomic mass is 79.9. The van der Waals surface area contributed by atoms with Gasteiger partial charge in [-0.25, -0.2) is 0 Å². The normalized spacial score (nSPS) is 15.1. The quantitative estimate of drug-likeness (QED) is 0.780. The van der Waals surface area contributed by atoms with E-state index in [0.29, 0.717) is 0 Å². The number of fused-ring (bicyclic) bond motifs is 1. The Hall–Kier alpha value is -1.35. The lowest BCUT2D eigenvalue weighted by Gasteiger charge is -2.24. The third kappa shape index (κ3) is 2.27. The summed E-state index contributed by atoms with van der Waals surface area (Å²) in [6.45, 7) is 1.06. The highest BCUT2D eigenvalue weighted by molar-refractivity contribution is 9.10. The SMILES string of the molecule is Brc1cncc(N2CCCCc3ccccc32)c1. The smallest absolute Gasteiger partial charge is 0.0608 e. The first-order chi connectivity index (χ1) is 8.84. The van der Waals surface area contributed by atoms with E-state index in [0.717, 1.165) is 11.0 Å². The van der Waals surface area contributed by atoms with Gasteiger partial charge in [0.05, 0.1) is 11.9 Å². The lowest BCUT2D eigenvalue weighted by molar-refractivity contribution is 0.760. The molecule has 0 unspecified atom stereocenters. The van der Waals surface area contributed by atoms with Crippen LogP contribution in [0, 0.1) is 0 Å². The minimum Gasteiger partial charge on any atom is -0.340 e. The number of benzene rings is 1. The van der Waals surface area contributed by atoms with Gasteiger partial charge in [-0.15, -0.1) is 0 Å². The van der Waals surface area contributed by atoms with Crippen LogP contribution in [0.25, 0.3) is 0 Å². The third-order valence-corrected chi connectivity index (χ3v) is 3.80. The van der Waals surface area contributed by atoms with Gasteiger partial charge in [-0.3, -0.25) is 4.98 Å². The lowest BCUT2D eigenvalue weighted by Crippen LogP contribution is -2.17. The highest BCUT2D eigenvalue weighted by Gasteiger charge is 2.16. The fraction of sp³-hybridized carbons (Fsp3) is 0.267. The number of rotatable bonds is 1. The van der Waals surface area contributed by atoms with Crippen LogP contribution in [0.1, 0.15) is 18.4 Å². The van der Waals surface area contributed by atoms with Crippen molar-refractivity contribution in [2.75, 3.05) is 11.4 Å². The summed E-state index contributed by atoms with van der Waals surface area (Å²) in [5.41, 5.74) is 3.93. The number of nitrogens with zero attached hydrogens (tertiary/aromatic N) is 2. The Bertz CT molecular complexity index is 554. The van der Waals surface area contributed by atoms with E-state index in [4.69, 9.17) is 0 Å². The molecular weight excluding hydrogens is 288 g/mol. The summed E-state index contributed by atoms with van der Waals surface area (Å²) in [6.07, 6.45) is 7.42. The molecule has 1 aromatic heterocycles. The maximum absolute atomic E-state index is 4.27. The predicted molar refractivity (Wildman–Crippen MR) is 78.3 cm³/mol. The molecule has 1 aliphatic heterocycles. The molecule has 0 fully saturated rings. The van der Waals surface area contributed by atoms with Crippen LogP contribution in [0.4, 0.5) is 11.4 Å². The van der Waals surface area contributed by atoms with Gasteiger partial charge in [0.25, 0.3) is 0 Å². The van der Waals surface area contributed by atoms with Crippen molar-refractivity contribution in [3.05, 3.63) is 52.8 Å². The number of hydrogen-bond donors (Lipinski definition) is 0. The largest absolute Gasteiger partial charge is 0.340 e. The Labute approximate surface area is 116 Å². The zero-order valence-corrected chi connectivity index (χ0v) is 11.7. The minimum atomic E-state index is 1.03. The summed E-state index contributed by atoms with van der Waals surface area (Å²) in [6, 6.07) is 10.8. The van der Waals surface area contributed by atoms with Crippen molar-refractivity contribution in [3.8, 4) is 0 Å². The third-order valence-electron chi connectivity index (χ3n) is 3.36. The van der Waals surface area contributed by atoms with Gasteiger partial charge < -0.3 is 4.90 Å². The zero-order chi connectivity index (χ0) is 12.4.